The molecule has 6 nitrogen and oxygen atoms in total. The molecular weight excluding hydrogens is 256 g/mol. The summed E-state index contributed by atoms with van der Waals surface area (Å²) in [6.45, 7) is 0. The molecule has 0 aliphatic carbocycles. The molecule has 100 valence electrons. The summed E-state index contributed by atoms with van der Waals surface area (Å²) in [5.74, 6) is 1.20. The number of nitrogens with one attached hydrogen (secondary N) is 1. The van der Waals surface area contributed by atoms with E-state index in [1.807, 2.05) is 0 Å². The number of anilines is 1. The molecule has 0 aliphatic rings. The molecule has 0 unspecified atom stereocenters. The van der Waals surface area contributed by atoms with Gasteiger partial charge in [0.25, 0.3) is 0 Å². The molecule has 0 bridgehead atoms. The predicted molar refractivity (Wildman–Crippen MR) is 75.0 cm³/mol. The molecule has 0 fully saturated rings. The molecule has 0 spiro atoms. The highest BCUT2D eigenvalue weighted by atomic mass is 16.3. The van der Waals surface area contributed by atoms with Gasteiger partial charge in [0.15, 0.2) is 11.6 Å². The number of aromatic amines is 1. The van der Waals surface area contributed by atoms with Gasteiger partial charge >= 0.3 is 0 Å². The highest BCUT2D eigenvalue weighted by molar-refractivity contribution is 5.67. The number of H-pyrrole nitrogens is 1. The van der Waals surface area contributed by atoms with Crippen LogP contribution in [0.15, 0.2) is 42.5 Å². The van der Waals surface area contributed by atoms with Gasteiger partial charge in [-0.25, -0.2) is 4.98 Å². The SMILES string of the molecule is Nc1cc(-c2nc(-c3cccc(O)c3)n[nH]2)ccc1O. The lowest BCUT2D eigenvalue weighted by molar-refractivity contribution is 0.475. The van der Waals surface area contributed by atoms with Gasteiger partial charge in [-0.1, -0.05) is 12.1 Å². The topological polar surface area (TPSA) is 108 Å². The van der Waals surface area contributed by atoms with E-state index in [2.05, 4.69) is 15.2 Å². The third-order valence-electron chi connectivity index (χ3n) is 2.89. The third kappa shape index (κ3) is 2.14. The van der Waals surface area contributed by atoms with Gasteiger partial charge in [-0.15, -0.1) is 0 Å². The Bertz CT molecular complexity index is 767. The summed E-state index contributed by atoms with van der Waals surface area (Å²) in [5.41, 5.74) is 7.36. The predicted octanol–water partition coefficient (Wildman–Crippen LogP) is 2.13. The molecular formula is C14H12N4O2. The van der Waals surface area contributed by atoms with Crippen molar-refractivity contribution < 1.29 is 10.2 Å². The number of hydrogen-bond donors (Lipinski definition) is 4. The summed E-state index contributed by atoms with van der Waals surface area (Å²) in [7, 11) is 0. The maximum Gasteiger partial charge on any atom is 0.181 e. The molecule has 0 amide bonds. The van der Waals surface area contributed by atoms with Crippen LogP contribution in [0.1, 0.15) is 0 Å². The van der Waals surface area contributed by atoms with Crippen LogP contribution < -0.4 is 5.73 Å². The van der Waals surface area contributed by atoms with Crippen LogP contribution >= 0.6 is 0 Å². The summed E-state index contributed by atoms with van der Waals surface area (Å²) < 4.78 is 0. The van der Waals surface area contributed by atoms with E-state index in [4.69, 9.17) is 5.73 Å². The minimum atomic E-state index is 0.0291. The monoisotopic (exact) mass is 268 g/mol. The number of benzene rings is 2. The minimum absolute atomic E-state index is 0.0291. The number of phenols is 2. The second-order valence-electron chi connectivity index (χ2n) is 4.33. The van der Waals surface area contributed by atoms with E-state index < -0.39 is 0 Å². The van der Waals surface area contributed by atoms with Gasteiger partial charge in [-0.3, -0.25) is 5.10 Å². The lowest BCUT2D eigenvalue weighted by Gasteiger charge is -2.00. The van der Waals surface area contributed by atoms with Crippen molar-refractivity contribution in [2.24, 2.45) is 0 Å². The van der Waals surface area contributed by atoms with Crippen LogP contribution in [0.25, 0.3) is 22.8 Å². The van der Waals surface area contributed by atoms with Crippen molar-refractivity contribution in [3.05, 3.63) is 42.5 Å². The van der Waals surface area contributed by atoms with Gasteiger partial charge < -0.3 is 15.9 Å². The van der Waals surface area contributed by atoms with Crippen molar-refractivity contribution in [2.75, 3.05) is 5.73 Å². The molecule has 6 heteroatoms. The molecule has 0 aliphatic heterocycles. The lowest BCUT2D eigenvalue weighted by Crippen LogP contribution is -1.88. The summed E-state index contributed by atoms with van der Waals surface area (Å²) in [4.78, 5) is 4.35. The summed E-state index contributed by atoms with van der Waals surface area (Å²) in [6, 6.07) is 11.5. The Balaban J connectivity index is 1.99. The van der Waals surface area contributed by atoms with E-state index in [1.54, 1.807) is 36.4 Å². The van der Waals surface area contributed by atoms with Gasteiger partial charge in [0, 0.05) is 11.1 Å². The van der Waals surface area contributed by atoms with E-state index in [9.17, 15) is 10.2 Å². The Kier molecular flexibility index (Phi) is 2.76. The Morgan fingerprint density at radius 1 is 1.00 bits per heavy atom. The Morgan fingerprint density at radius 3 is 2.60 bits per heavy atom. The first-order valence-electron chi connectivity index (χ1n) is 5.94. The normalized spacial score (nSPS) is 10.6. The van der Waals surface area contributed by atoms with Crippen molar-refractivity contribution in [3.63, 3.8) is 0 Å². The molecule has 0 saturated heterocycles. The molecule has 0 atom stereocenters. The molecule has 0 radical (unpaired) electrons. The highest BCUT2D eigenvalue weighted by Crippen LogP contribution is 2.27. The zero-order valence-corrected chi connectivity index (χ0v) is 10.4. The smallest absolute Gasteiger partial charge is 0.181 e. The number of nitrogens with two attached hydrogens (primary N) is 1. The van der Waals surface area contributed by atoms with E-state index in [0.29, 0.717) is 17.2 Å². The van der Waals surface area contributed by atoms with Crippen LogP contribution in [0, 0.1) is 0 Å². The van der Waals surface area contributed by atoms with Crippen molar-refractivity contribution in [1.82, 2.24) is 15.2 Å². The number of phenolic OH excluding ortho intramolecular Hbond substituents is 2. The maximum atomic E-state index is 9.46. The Hall–Kier alpha value is -3.02. The summed E-state index contributed by atoms with van der Waals surface area (Å²) >= 11 is 0. The number of nitrogens with zero attached hydrogens (tertiary/aromatic N) is 2. The quantitative estimate of drug-likeness (QED) is 0.420. The van der Waals surface area contributed by atoms with Crippen LogP contribution in [0.2, 0.25) is 0 Å². The minimum Gasteiger partial charge on any atom is -0.508 e. The van der Waals surface area contributed by atoms with Crippen LogP contribution in [-0.4, -0.2) is 25.4 Å². The van der Waals surface area contributed by atoms with Gasteiger partial charge in [-0.05, 0) is 30.3 Å². The molecule has 3 aromatic rings. The molecule has 20 heavy (non-hydrogen) atoms. The van der Waals surface area contributed by atoms with E-state index in [0.717, 1.165) is 5.56 Å². The van der Waals surface area contributed by atoms with Crippen molar-refractivity contribution in [2.45, 2.75) is 0 Å². The summed E-state index contributed by atoms with van der Waals surface area (Å²) in [6.07, 6.45) is 0. The maximum absolute atomic E-state index is 9.46. The molecule has 5 N–H and O–H groups in total. The van der Waals surface area contributed by atoms with Crippen molar-refractivity contribution in [1.29, 1.82) is 0 Å². The standard InChI is InChI=1S/C14H12N4O2/c15-11-7-9(4-5-12(11)20)14-16-13(17-18-14)8-2-1-3-10(19)6-8/h1-7,19-20H,15H2,(H,16,17,18). The molecule has 1 aromatic heterocycles. The van der Waals surface area contributed by atoms with Crippen LogP contribution in [0.5, 0.6) is 11.5 Å². The van der Waals surface area contributed by atoms with Crippen molar-refractivity contribution in [3.8, 4) is 34.3 Å². The lowest BCUT2D eigenvalue weighted by atomic mass is 10.1. The van der Waals surface area contributed by atoms with Crippen molar-refractivity contribution >= 4 is 5.69 Å². The summed E-state index contributed by atoms with van der Waals surface area (Å²) in [5, 5.41) is 25.8. The zero-order valence-electron chi connectivity index (χ0n) is 10.4. The average Bonchev–Trinajstić information content (AvgIpc) is 2.92. The van der Waals surface area contributed by atoms with E-state index in [-0.39, 0.29) is 17.2 Å². The highest BCUT2D eigenvalue weighted by Gasteiger charge is 2.09. The zero-order chi connectivity index (χ0) is 14.1. The van der Waals surface area contributed by atoms with Gasteiger partial charge in [0.05, 0.1) is 5.69 Å². The van der Waals surface area contributed by atoms with Crippen LogP contribution in [0.4, 0.5) is 5.69 Å². The Morgan fingerprint density at radius 2 is 1.85 bits per heavy atom. The first-order valence-corrected chi connectivity index (χ1v) is 5.94. The van der Waals surface area contributed by atoms with Gasteiger partial charge in [-0.2, -0.15) is 5.10 Å². The molecule has 3 rings (SSSR count). The number of rotatable bonds is 2. The number of aromatic hydroxyl groups is 2. The number of nitrogen functional groups attached to an aromatic ring is 1. The van der Waals surface area contributed by atoms with Gasteiger partial charge in [0.2, 0.25) is 0 Å². The third-order valence-corrected chi connectivity index (χ3v) is 2.89. The average molecular weight is 268 g/mol. The fourth-order valence-electron chi connectivity index (χ4n) is 1.87. The number of hydrogen-bond acceptors (Lipinski definition) is 5. The fraction of sp³-hybridized carbons (Fsp3) is 0. The first-order chi connectivity index (χ1) is 9.63. The fourth-order valence-corrected chi connectivity index (χ4v) is 1.87. The van der Waals surface area contributed by atoms with Gasteiger partial charge in [0.1, 0.15) is 11.5 Å². The first kappa shape index (κ1) is 12.0. The second-order valence-corrected chi connectivity index (χ2v) is 4.33. The van der Waals surface area contributed by atoms with Crippen LogP contribution in [-0.2, 0) is 0 Å². The largest absolute Gasteiger partial charge is 0.508 e. The number of aromatic nitrogens is 3. The Labute approximate surface area is 114 Å². The molecule has 0 saturated carbocycles. The van der Waals surface area contributed by atoms with E-state index >= 15 is 0 Å². The van der Waals surface area contributed by atoms with E-state index in [1.165, 1.54) is 6.07 Å². The molecule has 2 aromatic carbocycles. The second kappa shape index (κ2) is 4.58. The molecule has 1 heterocycles. The van der Waals surface area contributed by atoms with Crippen LogP contribution in [0.3, 0.4) is 0 Å².